The third-order valence-corrected chi connectivity index (χ3v) is 3.77. The Bertz CT molecular complexity index is 591. The van der Waals surface area contributed by atoms with Crippen LogP contribution in [0.3, 0.4) is 0 Å². The summed E-state index contributed by atoms with van der Waals surface area (Å²) in [6.07, 6.45) is 0. The van der Waals surface area contributed by atoms with Crippen LogP contribution in [0.25, 0.3) is 0 Å². The molecule has 5 heteroatoms. The Morgan fingerprint density at radius 2 is 1.71 bits per heavy atom. The van der Waals surface area contributed by atoms with Gasteiger partial charge in [-0.15, -0.1) is 11.8 Å². The summed E-state index contributed by atoms with van der Waals surface area (Å²) in [6.45, 7) is 3.81. The van der Waals surface area contributed by atoms with Crippen LogP contribution in [-0.2, 0) is 0 Å². The lowest BCUT2D eigenvalue weighted by atomic mass is 10.1. The SMILES string of the molecule is COc1ccc(C(=O)CSc2cc(C)[o+]c(C)c2)cc1.[Br-]. The lowest BCUT2D eigenvalue weighted by Gasteiger charge is -2.03. The number of hydrogen-bond acceptors (Lipinski definition) is 3. The summed E-state index contributed by atoms with van der Waals surface area (Å²) in [7, 11) is 1.61. The van der Waals surface area contributed by atoms with Crippen molar-refractivity contribution < 1.29 is 30.9 Å². The fraction of sp³-hybridized carbons (Fsp3) is 0.250. The lowest BCUT2D eigenvalue weighted by Crippen LogP contribution is -3.00. The molecule has 0 unspecified atom stereocenters. The number of methoxy groups -OCH3 is 1. The number of ketones is 1. The minimum Gasteiger partial charge on any atom is -1.00 e. The molecule has 0 spiro atoms. The molecule has 0 aliphatic carbocycles. The molecule has 2 aromatic rings. The van der Waals surface area contributed by atoms with Crippen LogP contribution in [-0.4, -0.2) is 18.6 Å². The van der Waals surface area contributed by atoms with Crippen LogP contribution in [0.15, 0.2) is 45.7 Å². The average Bonchev–Trinajstić information content (AvgIpc) is 2.44. The van der Waals surface area contributed by atoms with Crippen LogP contribution in [0, 0.1) is 13.8 Å². The molecule has 21 heavy (non-hydrogen) atoms. The van der Waals surface area contributed by atoms with Crippen molar-refractivity contribution in [2.45, 2.75) is 18.7 Å². The molecule has 0 bridgehead atoms. The molecule has 0 saturated carbocycles. The first-order chi connectivity index (χ1) is 9.58. The number of thioether (sulfide) groups is 1. The number of Topliss-reactive ketones (excluding diaryl/α,β-unsaturated/α-hetero) is 1. The summed E-state index contributed by atoms with van der Waals surface area (Å²) in [5, 5.41) is 0. The monoisotopic (exact) mass is 368 g/mol. The van der Waals surface area contributed by atoms with Gasteiger partial charge < -0.3 is 21.7 Å². The maximum Gasteiger partial charge on any atom is 0.327 e. The molecule has 0 atom stereocenters. The van der Waals surface area contributed by atoms with Crippen LogP contribution in [0.2, 0.25) is 0 Å². The Balaban J connectivity index is 0.00000220. The van der Waals surface area contributed by atoms with E-state index in [1.165, 1.54) is 11.8 Å². The summed E-state index contributed by atoms with van der Waals surface area (Å²) in [4.78, 5) is 13.2. The van der Waals surface area contributed by atoms with Crippen LogP contribution in [0.1, 0.15) is 21.9 Å². The van der Waals surface area contributed by atoms with E-state index in [0.717, 1.165) is 22.2 Å². The highest BCUT2D eigenvalue weighted by Gasteiger charge is 2.11. The highest BCUT2D eigenvalue weighted by molar-refractivity contribution is 8.00. The van der Waals surface area contributed by atoms with E-state index in [-0.39, 0.29) is 22.8 Å². The molecule has 3 nitrogen and oxygen atoms in total. The molecule has 112 valence electrons. The van der Waals surface area contributed by atoms with Gasteiger partial charge in [-0.2, -0.15) is 0 Å². The first-order valence-corrected chi connectivity index (χ1v) is 7.28. The zero-order valence-corrected chi connectivity index (χ0v) is 14.6. The van der Waals surface area contributed by atoms with Crippen molar-refractivity contribution in [1.29, 1.82) is 0 Å². The summed E-state index contributed by atoms with van der Waals surface area (Å²) < 4.78 is 10.5. The fourth-order valence-corrected chi connectivity index (χ4v) is 2.81. The summed E-state index contributed by atoms with van der Waals surface area (Å²) in [5.41, 5.74) is 0.701. The van der Waals surface area contributed by atoms with E-state index in [0.29, 0.717) is 11.3 Å². The van der Waals surface area contributed by atoms with E-state index >= 15 is 0 Å². The zero-order chi connectivity index (χ0) is 14.5. The van der Waals surface area contributed by atoms with Crippen molar-refractivity contribution >= 4 is 17.5 Å². The number of carbonyl (C=O) groups is 1. The highest BCUT2D eigenvalue weighted by Crippen LogP contribution is 2.22. The minimum absolute atomic E-state index is 0. The molecule has 0 fully saturated rings. The van der Waals surface area contributed by atoms with Gasteiger partial charge in [0.05, 0.1) is 38.8 Å². The maximum absolute atomic E-state index is 12.1. The second kappa shape index (κ2) is 8.20. The predicted octanol–water partition coefficient (Wildman–Crippen LogP) is 1.17. The Hall–Kier alpha value is -1.33. The quantitative estimate of drug-likeness (QED) is 0.451. The Morgan fingerprint density at radius 3 is 2.24 bits per heavy atom. The van der Waals surface area contributed by atoms with Crippen molar-refractivity contribution in [3.8, 4) is 5.75 Å². The van der Waals surface area contributed by atoms with Gasteiger partial charge in [0.15, 0.2) is 5.78 Å². The van der Waals surface area contributed by atoms with Gasteiger partial charge in [0.25, 0.3) is 0 Å². The number of carbonyl (C=O) groups excluding carboxylic acids is 1. The van der Waals surface area contributed by atoms with Gasteiger partial charge in [0.1, 0.15) is 5.75 Å². The van der Waals surface area contributed by atoms with Gasteiger partial charge in [0, 0.05) is 10.5 Å². The molecular weight excluding hydrogens is 352 g/mol. The zero-order valence-electron chi connectivity index (χ0n) is 12.2. The van der Waals surface area contributed by atoms with E-state index in [2.05, 4.69) is 0 Å². The van der Waals surface area contributed by atoms with Gasteiger partial charge >= 0.3 is 11.5 Å². The third-order valence-electron chi connectivity index (χ3n) is 2.79. The van der Waals surface area contributed by atoms with E-state index in [1.54, 1.807) is 31.4 Å². The molecule has 0 amide bonds. The van der Waals surface area contributed by atoms with Crippen molar-refractivity contribution in [3.63, 3.8) is 0 Å². The molecule has 0 aliphatic rings. The standard InChI is InChI=1S/C16H17O3S.BrH/c1-11-8-15(9-12(2)19-11)20-10-16(17)13-4-6-14(18-3)7-5-13;/h4-9H,10H2,1-3H3;1H/q+1;/p-1. The Labute approximate surface area is 139 Å². The normalized spacial score (nSPS) is 9.86. The molecule has 1 aromatic heterocycles. The predicted molar refractivity (Wildman–Crippen MR) is 80.6 cm³/mol. The fourth-order valence-electron chi connectivity index (χ4n) is 1.85. The summed E-state index contributed by atoms with van der Waals surface area (Å²) in [6, 6.07) is 11.1. The van der Waals surface area contributed by atoms with Crippen molar-refractivity contribution in [1.82, 2.24) is 0 Å². The van der Waals surface area contributed by atoms with E-state index in [9.17, 15) is 4.79 Å². The second-order valence-corrected chi connectivity index (χ2v) is 5.50. The van der Waals surface area contributed by atoms with Crippen molar-refractivity contribution in [2.75, 3.05) is 12.9 Å². The lowest BCUT2D eigenvalue weighted by molar-refractivity contribution is -0.0000130. The topological polar surface area (TPSA) is 37.6 Å². The number of benzene rings is 1. The largest absolute Gasteiger partial charge is 1.00 e. The van der Waals surface area contributed by atoms with Gasteiger partial charge in [-0.05, 0) is 24.3 Å². The molecular formula is C16H17BrO3S. The first kappa shape index (κ1) is 17.7. The van der Waals surface area contributed by atoms with Crippen LogP contribution >= 0.6 is 11.8 Å². The van der Waals surface area contributed by atoms with Crippen LogP contribution in [0.5, 0.6) is 5.75 Å². The van der Waals surface area contributed by atoms with E-state index in [4.69, 9.17) is 9.15 Å². The van der Waals surface area contributed by atoms with E-state index < -0.39 is 0 Å². The molecule has 2 rings (SSSR count). The molecule has 1 heterocycles. The Kier molecular flexibility index (Phi) is 6.92. The minimum atomic E-state index is 0. The smallest absolute Gasteiger partial charge is 0.327 e. The third kappa shape index (κ3) is 5.17. The van der Waals surface area contributed by atoms with E-state index in [1.807, 2.05) is 26.0 Å². The van der Waals surface area contributed by atoms with Gasteiger partial charge in [-0.25, -0.2) is 4.42 Å². The molecule has 1 aromatic carbocycles. The highest BCUT2D eigenvalue weighted by atomic mass is 79.9. The molecule has 0 aliphatic heterocycles. The number of ether oxygens (including phenoxy) is 1. The molecule has 0 radical (unpaired) electrons. The summed E-state index contributed by atoms with van der Waals surface area (Å²) >= 11 is 1.52. The molecule has 0 saturated heterocycles. The average molecular weight is 369 g/mol. The van der Waals surface area contributed by atoms with Gasteiger partial charge in [0.2, 0.25) is 0 Å². The number of aryl methyl sites for hydroxylation is 2. The van der Waals surface area contributed by atoms with Crippen LogP contribution in [0.4, 0.5) is 0 Å². The summed E-state index contributed by atoms with van der Waals surface area (Å²) in [5.74, 6) is 2.97. The van der Waals surface area contributed by atoms with Crippen LogP contribution < -0.4 is 21.7 Å². The number of halogens is 1. The maximum atomic E-state index is 12.1. The van der Waals surface area contributed by atoms with Gasteiger partial charge in [-0.1, -0.05) is 0 Å². The number of rotatable bonds is 5. The second-order valence-electron chi connectivity index (χ2n) is 4.45. The molecule has 0 N–H and O–H groups in total. The van der Waals surface area contributed by atoms with Crippen molar-refractivity contribution in [2.24, 2.45) is 0 Å². The Morgan fingerprint density at radius 1 is 1.14 bits per heavy atom. The number of hydrogen-bond donors (Lipinski definition) is 0. The van der Waals surface area contributed by atoms with Gasteiger partial charge in [-0.3, -0.25) is 4.79 Å². The van der Waals surface area contributed by atoms with Crippen molar-refractivity contribution in [3.05, 3.63) is 53.5 Å². The first-order valence-electron chi connectivity index (χ1n) is 6.30.